The van der Waals surface area contributed by atoms with Crippen LogP contribution in [0.4, 0.5) is 0 Å². The Hall–Kier alpha value is -0.870. The Balaban J connectivity index is 2.11. The minimum atomic E-state index is -4.13. The van der Waals surface area contributed by atoms with Crippen molar-refractivity contribution < 1.29 is 13.0 Å². The highest BCUT2D eigenvalue weighted by Crippen LogP contribution is 2.24. The Labute approximate surface area is 174 Å². The van der Waals surface area contributed by atoms with Gasteiger partial charge in [-0.15, -0.1) is 0 Å². The molecule has 0 amide bonds. The van der Waals surface area contributed by atoms with Gasteiger partial charge in [-0.05, 0) is 49.4 Å². The molecule has 162 valence electrons. The molecule has 0 heterocycles. The molecular formula is C24H42O3S. The lowest BCUT2D eigenvalue weighted by atomic mass is 9.97. The molecule has 1 rings (SSSR count). The summed E-state index contributed by atoms with van der Waals surface area (Å²) in [5.41, 5.74) is 2.89. The molecule has 0 spiro atoms. The van der Waals surface area contributed by atoms with Gasteiger partial charge in [0, 0.05) is 0 Å². The lowest BCUT2D eigenvalue weighted by molar-refractivity contribution is 0.482. The van der Waals surface area contributed by atoms with Crippen LogP contribution in [0.15, 0.2) is 17.0 Å². The maximum absolute atomic E-state index is 11.5. The van der Waals surface area contributed by atoms with Crippen molar-refractivity contribution >= 4 is 10.1 Å². The fraction of sp³-hybridized carbons (Fsp3) is 0.750. The van der Waals surface area contributed by atoms with Gasteiger partial charge in [0.25, 0.3) is 10.1 Å². The van der Waals surface area contributed by atoms with Crippen molar-refractivity contribution in [2.75, 3.05) is 0 Å². The largest absolute Gasteiger partial charge is 0.294 e. The van der Waals surface area contributed by atoms with Crippen LogP contribution < -0.4 is 0 Å². The Morgan fingerprint density at radius 1 is 0.714 bits per heavy atom. The Bertz CT molecular complexity index is 650. The molecule has 1 aromatic rings. The van der Waals surface area contributed by atoms with Crippen molar-refractivity contribution in [2.24, 2.45) is 0 Å². The molecule has 0 aliphatic carbocycles. The number of rotatable bonds is 16. The van der Waals surface area contributed by atoms with Gasteiger partial charge in [0.05, 0.1) is 4.90 Å². The molecule has 28 heavy (non-hydrogen) atoms. The highest BCUT2D eigenvalue weighted by Gasteiger charge is 2.16. The predicted octanol–water partition coefficient (Wildman–Crippen LogP) is 7.57. The van der Waals surface area contributed by atoms with E-state index in [-0.39, 0.29) is 4.90 Å². The first-order valence-corrected chi connectivity index (χ1v) is 12.9. The number of benzene rings is 1. The van der Waals surface area contributed by atoms with E-state index < -0.39 is 10.1 Å². The van der Waals surface area contributed by atoms with Crippen LogP contribution in [0.25, 0.3) is 0 Å². The van der Waals surface area contributed by atoms with Crippen molar-refractivity contribution in [1.29, 1.82) is 0 Å². The summed E-state index contributed by atoms with van der Waals surface area (Å²) in [5, 5.41) is 0. The maximum atomic E-state index is 11.5. The van der Waals surface area contributed by atoms with E-state index in [1.165, 1.54) is 89.5 Å². The van der Waals surface area contributed by atoms with Crippen LogP contribution in [0, 0.1) is 13.8 Å². The van der Waals surface area contributed by atoms with Crippen LogP contribution in [0.2, 0.25) is 0 Å². The molecule has 0 unspecified atom stereocenters. The summed E-state index contributed by atoms with van der Waals surface area (Å²) >= 11 is 0. The Kier molecular flexibility index (Phi) is 12.7. The predicted molar refractivity (Wildman–Crippen MR) is 120 cm³/mol. The molecule has 1 N–H and O–H groups in total. The van der Waals surface area contributed by atoms with Crippen molar-refractivity contribution in [2.45, 2.75) is 122 Å². The number of unbranched alkanes of at least 4 members (excludes halogenated alkanes) is 13. The zero-order valence-electron chi connectivity index (χ0n) is 18.4. The minimum Gasteiger partial charge on any atom is -0.282 e. The summed E-state index contributed by atoms with van der Waals surface area (Å²) in [6, 6.07) is 3.31. The van der Waals surface area contributed by atoms with E-state index in [0.717, 1.165) is 24.0 Å². The molecule has 0 fully saturated rings. The van der Waals surface area contributed by atoms with Crippen LogP contribution in [-0.4, -0.2) is 13.0 Å². The highest BCUT2D eigenvalue weighted by atomic mass is 32.2. The standard InChI is InChI=1S/C24H42O3S/c1-4-5-6-7-8-9-10-11-12-13-14-15-16-17-18-23-21(2)19-20-24(22(23)3)28(25,26)27/h19-20H,4-18H2,1-3H3,(H,25,26,27). The molecule has 0 aromatic heterocycles. The van der Waals surface area contributed by atoms with Crippen LogP contribution in [0.1, 0.15) is 114 Å². The molecular weight excluding hydrogens is 368 g/mol. The molecule has 0 atom stereocenters. The number of aryl methyl sites for hydroxylation is 1. The molecule has 0 saturated heterocycles. The lowest BCUT2D eigenvalue weighted by Crippen LogP contribution is -2.05. The first kappa shape index (κ1) is 25.2. The van der Waals surface area contributed by atoms with E-state index in [9.17, 15) is 13.0 Å². The van der Waals surface area contributed by atoms with Crippen molar-refractivity contribution in [3.8, 4) is 0 Å². The van der Waals surface area contributed by atoms with Gasteiger partial charge in [-0.2, -0.15) is 8.42 Å². The zero-order valence-corrected chi connectivity index (χ0v) is 19.2. The number of hydrogen-bond acceptors (Lipinski definition) is 2. The monoisotopic (exact) mass is 410 g/mol. The van der Waals surface area contributed by atoms with E-state index in [1.54, 1.807) is 13.0 Å². The number of hydrogen-bond donors (Lipinski definition) is 1. The molecule has 0 radical (unpaired) electrons. The summed E-state index contributed by atoms with van der Waals surface area (Å²) < 4.78 is 32.3. The van der Waals surface area contributed by atoms with Crippen molar-refractivity contribution in [3.05, 3.63) is 28.8 Å². The molecule has 1 aromatic carbocycles. The second kappa shape index (κ2) is 14.2. The molecule has 4 heteroatoms. The topological polar surface area (TPSA) is 54.4 Å². The summed E-state index contributed by atoms with van der Waals surface area (Å²) in [6.45, 7) is 6.08. The van der Waals surface area contributed by atoms with E-state index in [2.05, 4.69) is 6.92 Å². The normalized spacial score (nSPS) is 11.9. The average Bonchev–Trinajstić information content (AvgIpc) is 2.63. The van der Waals surface area contributed by atoms with E-state index in [4.69, 9.17) is 0 Å². The highest BCUT2D eigenvalue weighted by molar-refractivity contribution is 7.85. The fourth-order valence-corrected chi connectivity index (χ4v) is 4.78. The van der Waals surface area contributed by atoms with Crippen LogP contribution >= 0.6 is 0 Å². The average molecular weight is 411 g/mol. The Morgan fingerprint density at radius 3 is 1.57 bits per heavy atom. The van der Waals surface area contributed by atoms with Gasteiger partial charge < -0.3 is 0 Å². The van der Waals surface area contributed by atoms with E-state index in [1.807, 2.05) is 6.92 Å². The third kappa shape index (κ3) is 10.1. The summed E-state index contributed by atoms with van der Waals surface area (Å²) in [6.07, 6.45) is 19.6. The van der Waals surface area contributed by atoms with E-state index in [0.29, 0.717) is 5.56 Å². The first-order chi connectivity index (χ1) is 13.4. The van der Waals surface area contributed by atoms with Crippen LogP contribution in [0.5, 0.6) is 0 Å². The van der Waals surface area contributed by atoms with Gasteiger partial charge in [0.1, 0.15) is 0 Å². The van der Waals surface area contributed by atoms with Gasteiger partial charge in [-0.25, -0.2) is 0 Å². The zero-order chi connectivity index (χ0) is 20.8. The second-order valence-corrected chi connectivity index (χ2v) is 9.70. The third-order valence-electron chi connectivity index (χ3n) is 5.84. The fourth-order valence-electron chi connectivity index (χ4n) is 4.03. The molecule has 0 saturated carbocycles. The summed E-state index contributed by atoms with van der Waals surface area (Å²) in [5.74, 6) is 0. The Morgan fingerprint density at radius 2 is 1.14 bits per heavy atom. The molecule has 0 bridgehead atoms. The van der Waals surface area contributed by atoms with E-state index >= 15 is 0 Å². The van der Waals surface area contributed by atoms with Crippen molar-refractivity contribution in [3.63, 3.8) is 0 Å². The van der Waals surface area contributed by atoms with Crippen molar-refractivity contribution in [1.82, 2.24) is 0 Å². The van der Waals surface area contributed by atoms with Gasteiger partial charge in [-0.1, -0.05) is 96.5 Å². The van der Waals surface area contributed by atoms with Crippen LogP contribution in [-0.2, 0) is 16.5 Å². The minimum absolute atomic E-state index is 0.0541. The SMILES string of the molecule is CCCCCCCCCCCCCCCCc1c(C)ccc(S(=O)(=O)O)c1C. The summed E-state index contributed by atoms with van der Waals surface area (Å²) in [4.78, 5) is 0.0541. The quantitative estimate of drug-likeness (QED) is 0.226. The van der Waals surface area contributed by atoms with Crippen LogP contribution in [0.3, 0.4) is 0 Å². The van der Waals surface area contributed by atoms with Gasteiger partial charge in [0.15, 0.2) is 0 Å². The maximum Gasteiger partial charge on any atom is 0.294 e. The molecule has 0 aliphatic heterocycles. The lowest BCUT2D eigenvalue weighted by Gasteiger charge is -2.13. The third-order valence-corrected chi connectivity index (χ3v) is 6.84. The smallest absolute Gasteiger partial charge is 0.282 e. The molecule has 0 aliphatic rings. The van der Waals surface area contributed by atoms with Gasteiger partial charge in [0.2, 0.25) is 0 Å². The first-order valence-electron chi connectivity index (χ1n) is 11.4. The molecule has 3 nitrogen and oxygen atoms in total. The van der Waals surface area contributed by atoms with Gasteiger partial charge in [-0.3, -0.25) is 4.55 Å². The second-order valence-electron chi connectivity index (χ2n) is 8.31. The summed E-state index contributed by atoms with van der Waals surface area (Å²) in [7, 11) is -4.13. The van der Waals surface area contributed by atoms with Gasteiger partial charge >= 0.3 is 0 Å².